The predicted octanol–water partition coefficient (Wildman–Crippen LogP) is 2.41. The fourth-order valence-corrected chi connectivity index (χ4v) is 2.11. The van der Waals surface area contributed by atoms with Crippen LogP contribution in [0, 0.1) is 0 Å². The average Bonchev–Trinajstić information content (AvgIpc) is 2.84. The third-order valence-electron chi connectivity index (χ3n) is 3.37. The SMILES string of the molecule is CCOCC(Cc1ccn(C(CC)CC)n1)NC. The Morgan fingerprint density at radius 2 is 2.06 bits per heavy atom. The summed E-state index contributed by atoms with van der Waals surface area (Å²) in [5.74, 6) is 0. The summed E-state index contributed by atoms with van der Waals surface area (Å²) in [5, 5.41) is 7.95. The lowest BCUT2D eigenvalue weighted by atomic mass is 10.2. The van der Waals surface area contributed by atoms with Gasteiger partial charge in [-0.15, -0.1) is 0 Å². The van der Waals surface area contributed by atoms with Crippen LogP contribution in [0.2, 0.25) is 0 Å². The van der Waals surface area contributed by atoms with Gasteiger partial charge in [-0.05, 0) is 32.9 Å². The average molecular weight is 253 g/mol. The Balaban J connectivity index is 2.56. The molecule has 0 amide bonds. The topological polar surface area (TPSA) is 39.1 Å². The van der Waals surface area contributed by atoms with Crippen LogP contribution in [0.4, 0.5) is 0 Å². The number of likely N-dealkylation sites (N-methyl/N-ethyl adjacent to an activating group) is 1. The van der Waals surface area contributed by atoms with Crippen LogP contribution in [0.15, 0.2) is 12.3 Å². The van der Waals surface area contributed by atoms with E-state index in [1.165, 1.54) is 0 Å². The van der Waals surface area contributed by atoms with Crippen LogP contribution in [0.5, 0.6) is 0 Å². The third kappa shape index (κ3) is 4.42. The second-order valence-electron chi connectivity index (χ2n) is 4.61. The number of ether oxygens (including phenoxy) is 1. The van der Waals surface area contributed by atoms with Crippen molar-refractivity contribution in [3.63, 3.8) is 0 Å². The molecule has 1 atom stereocenters. The lowest BCUT2D eigenvalue weighted by molar-refractivity contribution is 0.124. The van der Waals surface area contributed by atoms with Gasteiger partial charge in [0.25, 0.3) is 0 Å². The highest BCUT2D eigenvalue weighted by Gasteiger charge is 2.12. The van der Waals surface area contributed by atoms with E-state index >= 15 is 0 Å². The van der Waals surface area contributed by atoms with Gasteiger partial charge in [-0.25, -0.2) is 0 Å². The van der Waals surface area contributed by atoms with Crippen molar-refractivity contribution in [2.75, 3.05) is 20.3 Å². The molecular weight excluding hydrogens is 226 g/mol. The van der Waals surface area contributed by atoms with Gasteiger partial charge in [-0.3, -0.25) is 4.68 Å². The van der Waals surface area contributed by atoms with Gasteiger partial charge in [-0.2, -0.15) is 5.10 Å². The normalized spacial score (nSPS) is 13.2. The summed E-state index contributed by atoms with van der Waals surface area (Å²) in [6, 6.07) is 2.99. The van der Waals surface area contributed by atoms with Crippen molar-refractivity contribution in [1.82, 2.24) is 15.1 Å². The smallest absolute Gasteiger partial charge is 0.0641 e. The molecule has 1 rings (SSSR count). The fraction of sp³-hybridized carbons (Fsp3) is 0.786. The molecule has 104 valence electrons. The quantitative estimate of drug-likeness (QED) is 0.734. The molecule has 0 aliphatic carbocycles. The van der Waals surface area contributed by atoms with E-state index in [2.05, 4.69) is 41.2 Å². The highest BCUT2D eigenvalue weighted by Crippen LogP contribution is 2.15. The zero-order valence-corrected chi connectivity index (χ0v) is 12.1. The second kappa shape index (κ2) is 8.27. The van der Waals surface area contributed by atoms with E-state index in [1.54, 1.807) is 0 Å². The maximum Gasteiger partial charge on any atom is 0.0641 e. The number of hydrogen-bond acceptors (Lipinski definition) is 3. The minimum absolute atomic E-state index is 0.343. The first-order valence-electron chi connectivity index (χ1n) is 7.04. The molecule has 0 aliphatic rings. The number of nitrogens with one attached hydrogen (secondary N) is 1. The lowest BCUT2D eigenvalue weighted by Crippen LogP contribution is -2.32. The molecular formula is C14H27N3O. The summed E-state index contributed by atoms with van der Waals surface area (Å²) in [5.41, 5.74) is 1.14. The number of nitrogens with zero attached hydrogens (tertiary/aromatic N) is 2. The molecule has 0 spiro atoms. The maximum atomic E-state index is 5.46. The number of aromatic nitrogens is 2. The Bertz CT molecular complexity index is 321. The maximum absolute atomic E-state index is 5.46. The molecule has 4 nitrogen and oxygen atoms in total. The molecule has 18 heavy (non-hydrogen) atoms. The van der Waals surface area contributed by atoms with Gasteiger partial charge in [0.1, 0.15) is 0 Å². The minimum atomic E-state index is 0.343. The standard InChI is InChI=1S/C14H27N3O/c1-5-14(6-2)17-9-8-12(16-17)10-13(15-4)11-18-7-3/h8-9,13-15H,5-7,10-11H2,1-4H3. The fourth-order valence-electron chi connectivity index (χ4n) is 2.11. The van der Waals surface area contributed by atoms with Crippen molar-refractivity contribution in [2.45, 2.75) is 52.1 Å². The van der Waals surface area contributed by atoms with Crippen molar-refractivity contribution in [2.24, 2.45) is 0 Å². The van der Waals surface area contributed by atoms with Crippen LogP contribution in [0.1, 0.15) is 45.3 Å². The van der Waals surface area contributed by atoms with Crippen LogP contribution < -0.4 is 5.32 Å². The molecule has 0 saturated heterocycles. The Kier molecular flexibility index (Phi) is 6.98. The molecule has 0 aliphatic heterocycles. The van der Waals surface area contributed by atoms with E-state index in [0.717, 1.165) is 38.2 Å². The molecule has 0 bridgehead atoms. The first kappa shape index (κ1) is 15.2. The molecule has 0 aromatic carbocycles. The van der Waals surface area contributed by atoms with E-state index in [0.29, 0.717) is 12.1 Å². The van der Waals surface area contributed by atoms with Crippen molar-refractivity contribution in [3.05, 3.63) is 18.0 Å². The summed E-state index contributed by atoms with van der Waals surface area (Å²) in [4.78, 5) is 0. The highest BCUT2D eigenvalue weighted by atomic mass is 16.5. The molecule has 0 fully saturated rings. The van der Waals surface area contributed by atoms with Crippen LogP contribution in [0.3, 0.4) is 0 Å². The van der Waals surface area contributed by atoms with E-state index < -0.39 is 0 Å². The van der Waals surface area contributed by atoms with Gasteiger partial charge in [0.05, 0.1) is 18.3 Å². The first-order chi connectivity index (χ1) is 8.74. The van der Waals surface area contributed by atoms with Gasteiger partial charge in [-0.1, -0.05) is 13.8 Å². The zero-order chi connectivity index (χ0) is 13.4. The Morgan fingerprint density at radius 1 is 1.33 bits per heavy atom. The monoisotopic (exact) mass is 253 g/mol. The first-order valence-corrected chi connectivity index (χ1v) is 7.04. The summed E-state index contributed by atoms with van der Waals surface area (Å²) in [6.45, 7) is 7.95. The lowest BCUT2D eigenvalue weighted by Gasteiger charge is -2.15. The largest absolute Gasteiger partial charge is 0.380 e. The molecule has 1 unspecified atom stereocenters. The summed E-state index contributed by atoms with van der Waals surface area (Å²) in [7, 11) is 1.97. The van der Waals surface area contributed by atoms with E-state index in [-0.39, 0.29) is 0 Å². The van der Waals surface area contributed by atoms with Crippen molar-refractivity contribution < 1.29 is 4.74 Å². The van der Waals surface area contributed by atoms with Crippen molar-refractivity contribution >= 4 is 0 Å². The van der Waals surface area contributed by atoms with Gasteiger partial charge < -0.3 is 10.1 Å². The van der Waals surface area contributed by atoms with Crippen LogP contribution in [0.25, 0.3) is 0 Å². The number of hydrogen-bond donors (Lipinski definition) is 1. The zero-order valence-electron chi connectivity index (χ0n) is 12.1. The van der Waals surface area contributed by atoms with E-state index in [1.807, 2.05) is 14.0 Å². The van der Waals surface area contributed by atoms with Crippen LogP contribution >= 0.6 is 0 Å². The van der Waals surface area contributed by atoms with Crippen LogP contribution in [-0.2, 0) is 11.2 Å². The Morgan fingerprint density at radius 3 is 2.61 bits per heavy atom. The highest BCUT2D eigenvalue weighted by molar-refractivity contribution is 5.02. The van der Waals surface area contributed by atoms with Gasteiger partial charge >= 0.3 is 0 Å². The third-order valence-corrected chi connectivity index (χ3v) is 3.37. The second-order valence-corrected chi connectivity index (χ2v) is 4.61. The Hall–Kier alpha value is -0.870. The molecule has 1 heterocycles. The summed E-state index contributed by atoms with van der Waals surface area (Å²) < 4.78 is 7.56. The molecule has 1 N–H and O–H groups in total. The molecule has 1 aromatic heterocycles. The predicted molar refractivity (Wildman–Crippen MR) is 74.9 cm³/mol. The van der Waals surface area contributed by atoms with Crippen molar-refractivity contribution in [3.8, 4) is 0 Å². The molecule has 0 radical (unpaired) electrons. The number of rotatable bonds is 9. The van der Waals surface area contributed by atoms with Gasteiger partial charge in [0.15, 0.2) is 0 Å². The molecule has 4 heteroatoms. The Labute approximate surface area is 111 Å². The molecule has 0 saturated carbocycles. The van der Waals surface area contributed by atoms with E-state index in [4.69, 9.17) is 4.74 Å². The summed E-state index contributed by atoms with van der Waals surface area (Å²) in [6.07, 6.45) is 5.28. The minimum Gasteiger partial charge on any atom is -0.380 e. The van der Waals surface area contributed by atoms with Crippen molar-refractivity contribution in [1.29, 1.82) is 0 Å². The molecule has 1 aromatic rings. The van der Waals surface area contributed by atoms with Crippen LogP contribution in [-0.4, -0.2) is 36.1 Å². The van der Waals surface area contributed by atoms with Gasteiger partial charge in [0, 0.05) is 25.3 Å². The van der Waals surface area contributed by atoms with Gasteiger partial charge in [0.2, 0.25) is 0 Å². The summed E-state index contributed by atoms with van der Waals surface area (Å²) >= 11 is 0. The van der Waals surface area contributed by atoms with E-state index in [9.17, 15) is 0 Å².